The molecule has 1 N–H and O–H groups in total. The Hall–Kier alpha value is -4.32. The number of nitrogens with one attached hydrogen (secondary N) is 1. The quantitative estimate of drug-likeness (QED) is 0.274. The van der Waals surface area contributed by atoms with E-state index in [0.29, 0.717) is 23.9 Å². The van der Waals surface area contributed by atoms with E-state index in [2.05, 4.69) is 34.8 Å². The zero-order valence-electron chi connectivity index (χ0n) is 19.1. The molecule has 0 spiro atoms. The molecule has 6 nitrogen and oxygen atoms in total. The lowest BCUT2D eigenvalue weighted by Gasteiger charge is -2.13. The fraction of sp³-hybridized carbons (Fsp3) is 0.143. The molecular weight excluding hydrogens is 428 g/mol. The SMILES string of the molecule is COc1cc(/C=N\NC(=O)[C@H](C)Oc2ccccc2)ccc1OCc1cccc2ccccc12. The highest BCUT2D eigenvalue weighted by molar-refractivity contribution is 5.86. The van der Waals surface area contributed by atoms with Crippen LogP contribution in [0.1, 0.15) is 18.1 Å². The minimum atomic E-state index is -0.682. The van der Waals surface area contributed by atoms with Crippen molar-refractivity contribution in [1.82, 2.24) is 5.43 Å². The predicted molar refractivity (Wildman–Crippen MR) is 134 cm³/mol. The Morgan fingerprint density at radius 3 is 2.53 bits per heavy atom. The summed E-state index contributed by atoms with van der Waals surface area (Å²) in [6.45, 7) is 2.09. The van der Waals surface area contributed by atoms with Gasteiger partial charge >= 0.3 is 0 Å². The highest BCUT2D eigenvalue weighted by Crippen LogP contribution is 2.29. The Bertz CT molecular complexity index is 1280. The average molecular weight is 455 g/mol. The summed E-state index contributed by atoms with van der Waals surface area (Å²) in [5, 5.41) is 6.37. The van der Waals surface area contributed by atoms with Crippen LogP contribution in [0.2, 0.25) is 0 Å². The first-order valence-corrected chi connectivity index (χ1v) is 11.0. The highest BCUT2D eigenvalue weighted by atomic mass is 16.5. The summed E-state index contributed by atoms with van der Waals surface area (Å²) < 4.78 is 17.2. The number of para-hydroxylation sites is 1. The van der Waals surface area contributed by atoms with Crippen molar-refractivity contribution in [3.05, 3.63) is 102 Å². The van der Waals surface area contributed by atoms with Gasteiger partial charge in [0, 0.05) is 0 Å². The van der Waals surface area contributed by atoms with E-state index >= 15 is 0 Å². The van der Waals surface area contributed by atoms with Crippen LogP contribution in [-0.4, -0.2) is 25.3 Å². The predicted octanol–water partition coefficient (Wildman–Crippen LogP) is 5.35. The second-order valence-electron chi connectivity index (χ2n) is 7.64. The molecule has 0 unspecified atom stereocenters. The van der Waals surface area contributed by atoms with Crippen LogP contribution in [0, 0.1) is 0 Å². The molecular formula is C28H26N2O4. The first-order valence-electron chi connectivity index (χ1n) is 11.0. The van der Waals surface area contributed by atoms with Gasteiger partial charge < -0.3 is 14.2 Å². The second-order valence-corrected chi connectivity index (χ2v) is 7.64. The van der Waals surface area contributed by atoms with Gasteiger partial charge in [-0.05, 0) is 59.2 Å². The maximum absolute atomic E-state index is 12.2. The van der Waals surface area contributed by atoms with E-state index in [-0.39, 0.29) is 5.91 Å². The molecule has 1 amide bonds. The maximum atomic E-state index is 12.2. The third kappa shape index (κ3) is 5.72. The smallest absolute Gasteiger partial charge is 0.280 e. The molecule has 0 saturated heterocycles. The molecule has 34 heavy (non-hydrogen) atoms. The monoisotopic (exact) mass is 454 g/mol. The molecule has 172 valence electrons. The van der Waals surface area contributed by atoms with Gasteiger partial charge in [-0.15, -0.1) is 0 Å². The van der Waals surface area contributed by atoms with Gasteiger partial charge in [-0.2, -0.15) is 5.10 Å². The van der Waals surface area contributed by atoms with E-state index in [1.54, 1.807) is 38.4 Å². The Morgan fingerprint density at radius 2 is 1.71 bits per heavy atom. The number of carbonyl (C=O) groups is 1. The zero-order chi connectivity index (χ0) is 23.8. The van der Waals surface area contributed by atoms with E-state index in [4.69, 9.17) is 14.2 Å². The molecule has 0 heterocycles. The second kappa shape index (κ2) is 11.0. The van der Waals surface area contributed by atoms with Crippen LogP contribution < -0.4 is 19.6 Å². The summed E-state index contributed by atoms with van der Waals surface area (Å²) >= 11 is 0. The first-order chi connectivity index (χ1) is 16.6. The zero-order valence-corrected chi connectivity index (χ0v) is 19.1. The molecule has 0 aromatic heterocycles. The summed E-state index contributed by atoms with van der Waals surface area (Å²) in [4.78, 5) is 12.2. The Kier molecular flexibility index (Phi) is 7.40. The molecule has 0 aliphatic carbocycles. The molecule has 4 aromatic carbocycles. The van der Waals surface area contributed by atoms with Crippen LogP contribution in [0.3, 0.4) is 0 Å². The third-order valence-corrected chi connectivity index (χ3v) is 5.26. The molecule has 0 saturated carbocycles. The first kappa shape index (κ1) is 22.9. The van der Waals surface area contributed by atoms with Crippen molar-refractivity contribution in [2.45, 2.75) is 19.6 Å². The number of rotatable bonds is 9. The van der Waals surface area contributed by atoms with Crippen LogP contribution in [0.25, 0.3) is 10.8 Å². The molecule has 4 rings (SSSR count). The van der Waals surface area contributed by atoms with Crippen LogP contribution in [0.5, 0.6) is 17.2 Å². The molecule has 4 aromatic rings. The van der Waals surface area contributed by atoms with E-state index in [9.17, 15) is 4.79 Å². The summed E-state index contributed by atoms with van der Waals surface area (Å²) in [6, 6.07) is 29.0. The van der Waals surface area contributed by atoms with Gasteiger partial charge in [-0.25, -0.2) is 5.43 Å². The number of hydrazone groups is 1. The van der Waals surface area contributed by atoms with E-state index < -0.39 is 6.10 Å². The average Bonchev–Trinajstić information content (AvgIpc) is 2.88. The number of hydrogen-bond donors (Lipinski definition) is 1. The lowest BCUT2D eigenvalue weighted by atomic mass is 10.1. The van der Waals surface area contributed by atoms with Gasteiger partial charge in [0.05, 0.1) is 13.3 Å². The molecule has 0 bridgehead atoms. The summed E-state index contributed by atoms with van der Waals surface area (Å²) in [7, 11) is 1.59. The van der Waals surface area contributed by atoms with Gasteiger partial charge in [0.2, 0.25) is 0 Å². The van der Waals surface area contributed by atoms with Crippen molar-refractivity contribution in [1.29, 1.82) is 0 Å². The van der Waals surface area contributed by atoms with Crippen molar-refractivity contribution in [2.24, 2.45) is 5.10 Å². The molecule has 1 atom stereocenters. The number of ether oxygens (including phenoxy) is 3. The van der Waals surface area contributed by atoms with Crippen LogP contribution in [-0.2, 0) is 11.4 Å². The van der Waals surface area contributed by atoms with Gasteiger partial charge in [0.25, 0.3) is 5.91 Å². The Morgan fingerprint density at radius 1 is 0.941 bits per heavy atom. The van der Waals surface area contributed by atoms with E-state index in [1.807, 2.05) is 48.5 Å². The molecule has 6 heteroatoms. The standard InChI is InChI=1S/C28H26N2O4/c1-20(34-24-12-4-3-5-13-24)28(31)30-29-18-21-15-16-26(27(17-21)32-2)33-19-23-11-8-10-22-9-6-7-14-25(22)23/h3-18,20H,19H2,1-2H3,(H,30,31)/b29-18-/t20-/m0/s1. The van der Waals surface area contributed by atoms with Crippen molar-refractivity contribution < 1.29 is 19.0 Å². The van der Waals surface area contributed by atoms with Crippen molar-refractivity contribution in [2.75, 3.05) is 7.11 Å². The molecule has 0 aliphatic rings. The number of amides is 1. The summed E-state index contributed by atoms with van der Waals surface area (Å²) in [6.07, 6.45) is 0.864. The fourth-order valence-electron chi connectivity index (χ4n) is 3.48. The van der Waals surface area contributed by atoms with Gasteiger partial charge in [0.1, 0.15) is 12.4 Å². The molecule has 0 aliphatic heterocycles. The fourth-order valence-corrected chi connectivity index (χ4v) is 3.48. The number of carbonyl (C=O) groups excluding carboxylic acids is 1. The van der Waals surface area contributed by atoms with Crippen LogP contribution >= 0.6 is 0 Å². The third-order valence-electron chi connectivity index (χ3n) is 5.26. The largest absolute Gasteiger partial charge is 0.493 e. The van der Waals surface area contributed by atoms with Gasteiger partial charge in [-0.3, -0.25) is 4.79 Å². The number of hydrogen-bond acceptors (Lipinski definition) is 5. The summed E-state index contributed by atoms with van der Waals surface area (Å²) in [5.41, 5.74) is 4.35. The number of fused-ring (bicyclic) bond motifs is 1. The topological polar surface area (TPSA) is 69.2 Å². The van der Waals surface area contributed by atoms with Gasteiger partial charge in [-0.1, -0.05) is 60.7 Å². The molecule has 0 radical (unpaired) electrons. The minimum absolute atomic E-state index is 0.345. The Balaban J connectivity index is 1.37. The lowest BCUT2D eigenvalue weighted by molar-refractivity contribution is -0.127. The minimum Gasteiger partial charge on any atom is -0.493 e. The van der Waals surface area contributed by atoms with Crippen molar-refractivity contribution in [3.63, 3.8) is 0 Å². The summed E-state index contributed by atoms with van der Waals surface area (Å²) in [5.74, 6) is 1.48. The van der Waals surface area contributed by atoms with Crippen LogP contribution in [0.15, 0.2) is 96.1 Å². The van der Waals surface area contributed by atoms with E-state index in [1.165, 1.54) is 5.39 Å². The normalized spacial score (nSPS) is 11.8. The van der Waals surface area contributed by atoms with Crippen LogP contribution in [0.4, 0.5) is 0 Å². The maximum Gasteiger partial charge on any atom is 0.280 e. The number of methoxy groups -OCH3 is 1. The van der Waals surface area contributed by atoms with Crippen molar-refractivity contribution >= 4 is 22.9 Å². The molecule has 0 fully saturated rings. The Labute approximate surface area is 198 Å². The van der Waals surface area contributed by atoms with Crippen molar-refractivity contribution in [3.8, 4) is 17.2 Å². The lowest BCUT2D eigenvalue weighted by Crippen LogP contribution is -2.33. The highest BCUT2D eigenvalue weighted by Gasteiger charge is 2.13. The van der Waals surface area contributed by atoms with Gasteiger partial charge in [0.15, 0.2) is 17.6 Å². The number of nitrogens with zero attached hydrogens (tertiary/aromatic N) is 1. The van der Waals surface area contributed by atoms with E-state index in [0.717, 1.165) is 16.5 Å². The number of benzene rings is 4.